The summed E-state index contributed by atoms with van der Waals surface area (Å²) in [6.45, 7) is 0. The Kier molecular flexibility index (Phi) is 5.59. The number of carbonyl (C=O) groups excluding carboxylic acids is 2. The van der Waals surface area contributed by atoms with Gasteiger partial charge in [-0.1, -0.05) is 12.1 Å². The average Bonchev–Trinajstić information content (AvgIpc) is 2.78. The first-order valence-electron chi connectivity index (χ1n) is 10.1. The van der Waals surface area contributed by atoms with Crippen LogP contribution in [0, 0.1) is 0 Å². The third-order valence-corrected chi connectivity index (χ3v) is 6.01. The Bertz CT molecular complexity index is 1050. The number of hydrogen-bond acceptors (Lipinski definition) is 6. The Balaban J connectivity index is 1.74. The van der Waals surface area contributed by atoms with E-state index in [0.717, 1.165) is 11.3 Å². The molecule has 2 N–H and O–H groups in total. The average molecular weight is 423 g/mol. The van der Waals surface area contributed by atoms with E-state index < -0.39 is 5.92 Å². The van der Waals surface area contributed by atoms with E-state index >= 15 is 0 Å². The van der Waals surface area contributed by atoms with Crippen LogP contribution >= 0.6 is 0 Å². The number of hydrogen-bond donors (Lipinski definition) is 2. The molecule has 2 aliphatic rings. The van der Waals surface area contributed by atoms with Gasteiger partial charge in [0.2, 0.25) is 11.7 Å². The van der Waals surface area contributed by atoms with Crippen LogP contribution in [-0.4, -0.2) is 38.1 Å². The molecule has 0 radical (unpaired) electrons. The first-order chi connectivity index (χ1) is 14.9. The van der Waals surface area contributed by atoms with Crippen molar-refractivity contribution in [3.8, 4) is 23.0 Å². The molecule has 4 rings (SSSR count). The van der Waals surface area contributed by atoms with Crippen molar-refractivity contribution in [2.45, 2.75) is 31.1 Å². The summed E-state index contributed by atoms with van der Waals surface area (Å²) in [6, 6.07) is 11.0. The normalized spacial score (nSPS) is 20.7. The predicted octanol–water partition coefficient (Wildman–Crippen LogP) is 3.42. The first kappa shape index (κ1) is 20.8. The maximum atomic E-state index is 13.3. The Morgan fingerprint density at radius 3 is 2.26 bits per heavy atom. The second-order valence-electron chi connectivity index (χ2n) is 7.78. The molecule has 2 unspecified atom stereocenters. The monoisotopic (exact) mass is 423 g/mol. The topological polar surface area (TPSA) is 94.1 Å². The van der Waals surface area contributed by atoms with Crippen molar-refractivity contribution in [2.24, 2.45) is 0 Å². The van der Waals surface area contributed by atoms with E-state index in [1.807, 2.05) is 24.3 Å². The SMILES string of the molecule is COc1cccc(C2CC(=O)C3=C(C2)NC(=O)CC3c2cc(OC)c(O)c(OC)c2)c1. The highest BCUT2D eigenvalue weighted by Gasteiger charge is 2.38. The number of aromatic hydroxyl groups is 1. The summed E-state index contributed by atoms with van der Waals surface area (Å²) in [5, 5.41) is 13.2. The van der Waals surface area contributed by atoms with E-state index in [-0.39, 0.29) is 41.3 Å². The molecular formula is C24H25NO6. The van der Waals surface area contributed by atoms with Crippen LogP contribution in [0.15, 0.2) is 47.7 Å². The van der Waals surface area contributed by atoms with Crippen LogP contribution in [0.1, 0.15) is 42.2 Å². The molecule has 0 aromatic heterocycles. The minimum Gasteiger partial charge on any atom is -0.502 e. The fourth-order valence-electron chi connectivity index (χ4n) is 4.49. The fraction of sp³-hybridized carbons (Fsp3) is 0.333. The lowest BCUT2D eigenvalue weighted by Crippen LogP contribution is -2.38. The van der Waals surface area contributed by atoms with Crippen LogP contribution in [0.3, 0.4) is 0 Å². The quantitative estimate of drug-likeness (QED) is 0.765. The van der Waals surface area contributed by atoms with E-state index in [2.05, 4.69) is 5.32 Å². The Morgan fingerprint density at radius 1 is 0.903 bits per heavy atom. The molecule has 0 bridgehead atoms. The smallest absolute Gasteiger partial charge is 0.225 e. The molecule has 2 aromatic carbocycles. The molecule has 1 aliphatic heterocycles. The van der Waals surface area contributed by atoms with Crippen molar-refractivity contribution in [1.29, 1.82) is 0 Å². The molecule has 1 aliphatic carbocycles. The number of nitrogens with one attached hydrogen (secondary N) is 1. The van der Waals surface area contributed by atoms with Crippen molar-refractivity contribution in [2.75, 3.05) is 21.3 Å². The van der Waals surface area contributed by atoms with Crippen molar-refractivity contribution < 1.29 is 28.9 Å². The highest BCUT2D eigenvalue weighted by atomic mass is 16.5. The molecule has 31 heavy (non-hydrogen) atoms. The van der Waals surface area contributed by atoms with E-state index in [1.165, 1.54) is 14.2 Å². The molecule has 2 atom stereocenters. The number of amides is 1. The van der Waals surface area contributed by atoms with Crippen LogP contribution in [0.25, 0.3) is 0 Å². The van der Waals surface area contributed by atoms with Gasteiger partial charge in [0.15, 0.2) is 17.3 Å². The number of carbonyl (C=O) groups is 2. The highest BCUT2D eigenvalue weighted by molar-refractivity contribution is 6.02. The molecule has 7 heteroatoms. The Morgan fingerprint density at radius 2 is 1.61 bits per heavy atom. The number of Topliss-reactive ketones (excluding diaryl/α,β-unsaturated/α-hetero) is 1. The second kappa shape index (κ2) is 8.34. The number of methoxy groups -OCH3 is 3. The van der Waals surface area contributed by atoms with Gasteiger partial charge in [0, 0.05) is 30.0 Å². The molecule has 0 saturated heterocycles. The summed E-state index contributed by atoms with van der Waals surface area (Å²) in [5.74, 6) is 0.490. The molecule has 2 aromatic rings. The Labute approximate surface area is 180 Å². The fourth-order valence-corrected chi connectivity index (χ4v) is 4.49. The number of phenolic OH excluding ortho intramolecular Hbond substituents is 1. The summed E-state index contributed by atoms with van der Waals surface area (Å²) >= 11 is 0. The third-order valence-electron chi connectivity index (χ3n) is 6.01. The van der Waals surface area contributed by atoms with Crippen molar-refractivity contribution in [3.05, 3.63) is 58.8 Å². The van der Waals surface area contributed by atoms with Gasteiger partial charge in [-0.25, -0.2) is 0 Å². The summed E-state index contributed by atoms with van der Waals surface area (Å²) in [7, 11) is 4.50. The number of rotatable bonds is 5. The van der Waals surface area contributed by atoms with E-state index in [9.17, 15) is 14.7 Å². The summed E-state index contributed by atoms with van der Waals surface area (Å²) in [6.07, 6.45) is 1.05. The number of allylic oxidation sites excluding steroid dienone is 2. The highest BCUT2D eigenvalue weighted by Crippen LogP contribution is 2.46. The van der Waals surface area contributed by atoms with E-state index in [1.54, 1.807) is 19.2 Å². The molecular weight excluding hydrogens is 398 g/mol. The van der Waals surface area contributed by atoms with Gasteiger partial charge in [0.1, 0.15) is 5.75 Å². The number of phenols is 1. The number of ether oxygens (including phenoxy) is 3. The van der Waals surface area contributed by atoms with Crippen LogP contribution in [0.2, 0.25) is 0 Å². The van der Waals surface area contributed by atoms with Gasteiger partial charge in [0.25, 0.3) is 0 Å². The van der Waals surface area contributed by atoms with Crippen molar-refractivity contribution in [3.63, 3.8) is 0 Å². The van der Waals surface area contributed by atoms with Crippen molar-refractivity contribution >= 4 is 11.7 Å². The lowest BCUT2D eigenvalue weighted by atomic mass is 9.73. The largest absolute Gasteiger partial charge is 0.502 e. The Hall–Kier alpha value is -3.48. The third kappa shape index (κ3) is 3.83. The molecule has 0 fully saturated rings. The van der Waals surface area contributed by atoms with E-state index in [0.29, 0.717) is 29.7 Å². The lowest BCUT2D eigenvalue weighted by molar-refractivity contribution is -0.122. The molecule has 1 heterocycles. The lowest BCUT2D eigenvalue weighted by Gasteiger charge is -2.34. The summed E-state index contributed by atoms with van der Waals surface area (Å²) in [4.78, 5) is 25.8. The molecule has 0 saturated carbocycles. The van der Waals surface area contributed by atoms with Gasteiger partial charge in [-0.3, -0.25) is 9.59 Å². The number of benzene rings is 2. The number of ketones is 1. The second-order valence-corrected chi connectivity index (χ2v) is 7.78. The van der Waals surface area contributed by atoms with Crippen LogP contribution in [-0.2, 0) is 9.59 Å². The van der Waals surface area contributed by atoms with Crippen LogP contribution in [0.5, 0.6) is 23.0 Å². The zero-order valence-corrected chi connectivity index (χ0v) is 17.7. The van der Waals surface area contributed by atoms with Crippen LogP contribution < -0.4 is 19.5 Å². The standard InChI is InChI=1S/C24H25NO6/c1-29-16-6-4-5-13(7-16)14-8-18-23(19(26)9-14)17(12-22(27)25-18)15-10-20(30-2)24(28)21(11-15)31-3/h4-7,10-11,14,17,28H,8-9,12H2,1-3H3,(H,25,27). The van der Waals surface area contributed by atoms with Crippen LogP contribution in [0.4, 0.5) is 0 Å². The van der Waals surface area contributed by atoms with E-state index in [4.69, 9.17) is 14.2 Å². The van der Waals surface area contributed by atoms with Gasteiger partial charge in [-0.2, -0.15) is 0 Å². The van der Waals surface area contributed by atoms with Gasteiger partial charge in [0.05, 0.1) is 21.3 Å². The summed E-state index contributed by atoms with van der Waals surface area (Å²) in [5.41, 5.74) is 2.98. The molecule has 0 spiro atoms. The zero-order valence-electron chi connectivity index (χ0n) is 17.7. The summed E-state index contributed by atoms with van der Waals surface area (Å²) < 4.78 is 15.8. The molecule has 162 valence electrons. The predicted molar refractivity (Wildman–Crippen MR) is 114 cm³/mol. The molecule has 1 amide bonds. The van der Waals surface area contributed by atoms with Gasteiger partial charge in [-0.15, -0.1) is 0 Å². The van der Waals surface area contributed by atoms with Gasteiger partial charge >= 0.3 is 0 Å². The van der Waals surface area contributed by atoms with Gasteiger partial charge in [-0.05, 0) is 47.7 Å². The van der Waals surface area contributed by atoms with Crippen molar-refractivity contribution in [1.82, 2.24) is 5.32 Å². The zero-order chi connectivity index (χ0) is 22.1. The minimum atomic E-state index is -0.425. The minimum absolute atomic E-state index is 0.00470. The maximum absolute atomic E-state index is 13.3. The van der Waals surface area contributed by atoms with Gasteiger partial charge < -0.3 is 24.6 Å². The maximum Gasteiger partial charge on any atom is 0.225 e. The molecule has 7 nitrogen and oxygen atoms in total. The first-order valence-corrected chi connectivity index (χ1v) is 10.1.